The van der Waals surface area contributed by atoms with Crippen LogP contribution in [-0.4, -0.2) is 37.6 Å². The summed E-state index contributed by atoms with van der Waals surface area (Å²) in [5.41, 5.74) is 0.902. The van der Waals surface area contributed by atoms with Crippen molar-refractivity contribution in [3.8, 4) is 11.4 Å². The van der Waals surface area contributed by atoms with E-state index in [1.165, 1.54) is 18.2 Å². The summed E-state index contributed by atoms with van der Waals surface area (Å²) in [7, 11) is 1.89. The van der Waals surface area contributed by atoms with E-state index in [0.29, 0.717) is 5.16 Å². The third-order valence-corrected chi connectivity index (χ3v) is 4.92. The minimum absolute atomic E-state index is 0.0994. The molecule has 6 nitrogen and oxygen atoms in total. The number of ether oxygens (including phenoxy) is 1. The zero-order valence-electron chi connectivity index (χ0n) is 13.1. The molecule has 1 saturated carbocycles. The van der Waals surface area contributed by atoms with Crippen LogP contribution in [0, 0.1) is 0 Å². The fraction of sp³-hybridized carbons (Fsp3) is 0.500. The summed E-state index contributed by atoms with van der Waals surface area (Å²) in [5.74, 6) is 0.823. The zero-order chi connectivity index (χ0) is 16.1. The number of aromatic nitrogens is 4. The highest BCUT2D eigenvalue weighted by Gasteiger charge is 2.19. The second kappa shape index (κ2) is 7.59. The maximum atomic E-state index is 12.0. The molecule has 1 fully saturated rings. The molecule has 0 radical (unpaired) electrons. The van der Waals surface area contributed by atoms with Crippen LogP contribution in [0.2, 0.25) is 0 Å². The molecule has 122 valence electrons. The second-order valence-electron chi connectivity index (χ2n) is 5.65. The average Bonchev–Trinajstić information content (AvgIpc) is 2.95. The maximum absolute atomic E-state index is 12.0. The van der Waals surface area contributed by atoms with Gasteiger partial charge in [-0.05, 0) is 37.8 Å². The molecule has 0 N–H and O–H groups in total. The molecular formula is C16H20N4O2S. The van der Waals surface area contributed by atoms with E-state index in [1.54, 1.807) is 12.4 Å². The molecule has 3 rings (SSSR count). The van der Waals surface area contributed by atoms with Crippen LogP contribution in [0.5, 0.6) is 0 Å². The monoisotopic (exact) mass is 332 g/mol. The molecule has 0 aliphatic heterocycles. The summed E-state index contributed by atoms with van der Waals surface area (Å²) in [6.45, 7) is 0. The summed E-state index contributed by atoms with van der Waals surface area (Å²) in [4.78, 5) is 16.1. The summed E-state index contributed by atoms with van der Waals surface area (Å²) in [6.07, 6.45) is 9.11. The highest BCUT2D eigenvalue weighted by atomic mass is 32.2. The smallest absolute Gasteiger partial charge is 0.316 e. The van der Waals surface area contributed by atoms with Gasteiger partial charge in [0.05, 0.1) is 5.75 Å². The standard InChI is InChI=1S/C16H20N4O2S/c1-20-15(12-6-5-9-17-10-12)18-19-16(20)23-11-14(21)22-13-7-3-2-4-8-13/h5-6,9-10,13H,2-4,7-8,11H2,1H3. The first kappa shape index (κ1) is 16.0. The molecule has 0 bridgehead atoms. The van der Waals surface area contributed by atoms with Crippen molar-refractivity contribution in [2.75, 3.05) is 5.75 Å². The molecule has 0 saturated heterocycles. The molecular weight excluding hydrogens is 312 g/mol. The van der Waals surface area contributed by atoms with E-state index in [0.717, 1.165) is 37.1 Å². The summed E-state index contributed by atoms with van der Waals surface area (Å²) in [6, 6.07) is 3.79. The van der Waals surface area contributed by atoms with Gasteiger partial charge >= 0.3 is 5.97 Å². The molecule has 2 heterocycles. The quantitative estimate of drug-likeness (QED) is 0.619. The molecule has 0 unspecified atom stereocenters. The Balaban J connectivity index is 1.56. The van der Waals surface area contributed by atoms with E-state index in [-0.39, 0.29) is 17.8 Å². The maximum Gasteiger partial charge on any atom is 0.316 e. The molecule has 7 heteroatoms. The van der Waals surface area contributed by atoms with Gasteiger partial charge in [-0.1, -0.05) is 18.2 Å². The Hall–Kier alpha value is -1.89. The Kier molecular flexibility index (Phi) is 5.27. The van der Waals surface area contributed by atoms with Crippen LogP contribution >= 0.6 is 11.8 Å². The lowest BCUT2D eigenvalue weighted by Crippen LogP contribution is -2.22. The van der Waals surface area contributed by atoms with Crippen molar-refractivity contribution >= 4 is 17.7 Å². The van der Waals surface area contributed by atoms with Gasteiger partial charge in [0.1, 0.15) is 6.10 Å². The third-order valence-electron chi connectivity index (χ3n) is 3.92. The molecule has 0 aromatic carbocycles. The van der Waals surface area contributed by atoms with Crippen LogP contribution < -0.4 is 0 Å². The Bertz CT molecular complexity index is 653. The Morgan fingerprint density at radius 2 is 2.17 bits per heavy atom. The van der Waals surface area contributed by atoms with Crippen molar-refractivity contribution < 1.29 is 9.53 Å². The lowest BCUT2D eigenvalue weighted by molar-refractivity contribution is -0.147. The Morgan fingerprint density at radius 3 is 2.91 bits per heavy atom. The van der Waals surface area contributed by atoms with Gasteiger partial charge < -0.3 is 9.30 Å². The third kappa shape index (κ3) is 4.10. The molecule has 2 aromatic rings. The normalized spacial score (nSPS) is 15.5. The van der Waals surface area contributed by atoms with Crippen molar-refractivity contribution in [2.24, 2.45) is 7.05 Å². The average molecular weight is 332 g/mol. The van der Waals surface area contributed by atoms with Gasteiger partial charge in [0.25, 0.3) is 0 Å². The van der Waals surface area contributed by atoms with E-state index >= 15 is 0 Å². The number of carbonyl (C=O) groups excluding carboxylic acids is 1. The number of rotatable bonds is 5. The van der Waals surface area contributed by atoms with Crippen molar-refractivity contribution in [3.63, 3.8) is 0 Å². The molecule has 0 atom stereocenters. The van der Waals surface area contributed by atoms with Gasteiger partial charge in [-0.3, -0.25) is 9.78 Å². The molecule has 0 spiro atoms. The molecule has 2 aromatic heterocycles. The molecule has 0 amide bonds. The Labute approximate surface area is 139 Å². The summed E-state index contributed by atoms with van der Waals surface area (Å²) >= 11 is 1.35. The number of hydrogen-bond acceptors (Lipinski definition) is 6. The predicted octanol–water partition coefficient (Wildman–Crippen LogP) is 2.85. The number of esters is 1. The van der Waals surface area contributed by atoms with Crippen LogP contribution in [0.15, 0.2) is 29.7 Å². The van der Waals surface area contributed by atoms with Gasteiger partial charge in [0, 0.05) is 25.0 Å². The molecule has 23 heavy (non-hydrogen) atoms. The van der Waals surface area contributed by atoms with E-state index in [4.69, 9.17) is 4.74 Å². The first-order valence-electron chi connectivity index (χ1n) is 7.86. The number of hydrogen-bond donors (Lipinski definition) is 0. The predicted molar refractivity (Wildman–Crippen MR) is 87.9 cm³/mol. The van der Waals surface area contributed by atoms with E-state index in [1.807, 2.05) is 23.7 Å². The molecule has 1 aliphatic carbocycles. The first-order valence-corrected chi connectivity index (χ1v) is 8.84. The van der Waals surface area contributed by atoms with Gasteiger partial charge in [-0.25, -0.2) is 0 Å². The SMILES string of the molecule is Cn1c(SCC(=O)OC2CCCCC2)nnc1-c1cccnc1. The van der Waals surface area contributed by atoms with Crippen LogP contribution in [0.1, 0.15) is 32.1 Å². The minimum Gasteiger partial charge on any atom is -0.462 e. The van der Waals surface area contributed by atoms with Crippen LogP contribution in [0.3, 0.4) is 0 Å². The largest absolute Gasteiger partial charge is 0.462 e. The Morgan fingerprint density at radius 1 is 1.35 bits per heavy atom. The van der Waals surface area contributed by atoms with Gasteiger partial charge in [-0.2, -0.15) is 0 Å². The van der Waals surface area contributed by atoms with Crippen LogP contribution in [0.4, 0.5) is 0 Å². The van der Waals surface area contributed by atoms with E-state index < -0.39 is 0 Å². The number of thioether (sulfide) groups is 1. The van der Waals surface area contributed by atoms with E-state index in [2.05, 4.69) is 15.2 Å². The first-order chi connectivity index (χ1) is 11.2. The van der Waals surface area contributed by atoms with Crippen molar-refractivity contribution in [1.82, 2.24) is 19.7 Å². The highest BCUT2D eigenvalue weighted by molar-refractivity contribution is 7.99. The zero-order valence-corrected chi connectivity index (χ0v) is 14.0. The second-order valence-corrected chi connectivity index (χ2v) is 6.59. The van der Waals surface area contributed by atoms with Gasteiger partial charge in [-0.15, -0.1) is 10.2 Å². The lowest BCUT2D eigenvalue weighted by Gasteiger charge is -2.21. The topological polar surface area (TPSA) is 69.9 Å². The van der Waals surface area contributed by atoms with Crippen LogP contribution in [-0.2, 0) is 16.6 Å². The number of carbonyl (C=O) groups is 1. The van der Waals surface area contributed by atoms with E-state index in [9.17, 15) is 4.79 Å². The fourth-order valence-corrected chi connectivity index (χ4v) is 3.41. The van der Waals surface area contributed by atoms with Crippen molar-refractivity contribution in [3.05, 3.63) is 24.5 Å². The molecule has 1 aliphatic rings. The highest BCUT2D eigenvalue weighted by Crippen LogP contribution is 2.24. The van der Waals surface area contributed by atoms with Gasteiger partial charge in [0.15, 0.2) is 11.0 Å². The summed E-state index contributed by atoms with van der Waals surface area (Å²) in [5, 5.41) is 9.03. The van der Waals surface area contributed by atoms with Gasteiger partial charge in [0.2, 0.25) is 0 Å². The number of nitrogens with zero attached hydrogens (tertiary/aromatic N) is 4. The van der Waals surface area contributed by atoms with Crippen molar-refractivity contribution in [2.45, 2.75) is 43.4 Å². The fourth-order valence-electron chi connectivity index (χ4n) is 2.71. The number of pyridine rings is 1. The summed E-state index contributed by atoms with van der Waals surface area (Å²) < 4.78 is 7.39. The van der Waals surface area contributed by atoms with Crippen LogP contribution in [0.25, 0.3) is 11.4 Å². The van der Waals surface area contributed by atoms with Crippen molar-refractivity contribution in [1.29, 1.82) is 0 Å². The minimum atomic E-state index is -0.173. The lowest BCUT2D eigenvalue weighted by atomic mass is 9.98.